The number of ether oxygens (including phenoxy) is 1. The number of thiocarbonyl (C=S) groups is 1. The van der Waals surface area contributed by atoms with Gasteiger partial charge in [-0.2, -0.15) is 0 Å². The van der Waals surface area contributed by atoms with Crippen LogP contribution in [-0.2, 0) is 9.53 Å². The van der Waals surface area contributed by atoms with Crippen molar-refractivity contribution in [1.82, 2.24) is 16.0 Å². The molecular weight excluding hydrogens is 214 g/mol. The maximum atomic E-state index is 11.1. The number of rotatable bonds is 6. The Labute approximate surface area is 95.9 Å². The average Bonchev–Trinajstić information content (AvgIpc) is 2.23. The van der Waals surface area contributed by atoms with E-state index in [2.05, 4.69) is 16.0 Å². The van der Waals surface area contributed by atoms with Crippen LogP contribution >= 0.6 is 12.2 Å². The number of carbonyl (C=O) groups is 1. The van der Waals surface area contributed by atoms with Crippen molar-refractivity contribution >= 4 is 23.2 Å². The minimum atomic E-state index is -0.322. The molecule has 0 saturated heterocycles. The van der Waals surface area contributed by atoms with E-state index >= 15 is 0 Å². The van der Waals surface area contributed by atoms with E-state index in [9.17, 15) is 4.79 Å². The summed E-state index contributed by atoms with van der Waals surface area (Å²) in [5, 5.41) is 8.89. The zero-order valence-corrected chi connectivity index (χ0v) is 10.2. The molecule has 0 aliphatic rings. The SMILES string of the molecule is CNC(=O)C(C)NC(=S)NCCCOC. The molecule has 0 heterocycles. The third-order valence-electron chi connectivity index (χ3n) is 1.80. The number of likely N-dealkylation sites (N-methyl/N-ethyl adjacent to an activating group) is 1. The van der Waals surface area contributed by atoms with E-state index < -0.39 is 0 Å². The highest BCUT2D eigenvalue weighted by molar-refractivity contribution is 7.80. The van der Waals surface area contributed by atoms with E-state index in [4.69, 9.17) is 17.0 Å². The lowest BCUT2D eigenvalue weighted by Gasteiger charge is -2.15. The number of hydrogen-bond donors (Lipinski definition) is 3. The summed E-state index contributed by atoms with van der Waals surface area (Å²) in [5.74, 6) is -0.0870. The first kappa shape index (κ1) is 14.1. The molecule has 1 unspecified atom stereocenters. The zero-order valence-electron chi connectivity index (χ0n) is 9.42. The molecule has 15 heavy (non-hydrogen) atoms. The van der Waals surface area contributed by atoms with Crippen molar-refractivity contribution in [2.45, 2.75) is 19.4 Å². The van der Waals surface area contributed by atoms with Gasteiger partial charge in [-0.15, -0.1) is 0 Å². The van der Waals surface area contributed by atoms with Gasteiger partial charge in [0.2, 0.25) is 5.91 Å². The summed E-state index contributed by atoms with van der Waals surface area (Å²) in [5.41, 5.74) is 0. The normalized spacial score (nSPS) is 11.7. The van der Waals surface area contributed by atoms with Crippen molar-refractivity contribution in [2.75, 3.05) is 27.3 Å². The lowest BCUT2D eigenvalue weighted by Crippen LogP contribution is -2.47. The first-order valence-corrected chi connectivity index (χ1v) is 5.27. The summed E-state index contributed by atoms with van der Waals surface area (Å²) in [6, 6.07) is -0.322. The van der Waals surface area contributed by atoms with Gasteiger partial charge >= 0.3 is 0 Å². The van der Waals surface area contributed by atoms with Gasteiger partial charge in [0.15, 0.2) is 5.11 Å². The molecule has 0 fully saturated rings. The van der Waals surface area contributed by atoms with Crippen molar-refractivity contribution < 1.29 is 9.53 Å². The van der Waals surface area contributed by atoms with Gasteiger partial charge in [0.25, 0.3) is 0 Å². The summed E-state index contributed by atoms with van der Waals surface area (Å²) in [4.78, 5) is 11.1. The predicted molar refractivity (Wildman–Crippen MR) is 63.8 cm³/mol. The predicted octanol–water partition coefficient (Wildman–Crippen LogP) is -0.378. The Hall–Kier alpha value is -0.880. The summed E-state index contributed by atoms with van der Waals surface area (Å²) < 4.78 is 4.89. The van der Waals surface area contributed by atoms with Crippen LogP contribution < -0.4 is 16.0 Å². The van der Waals surface area contributed by atoms with Gasteiger partial charge in [-0.25, -0.2) is 0 Å². The van der Waals surface area contributed by atoms with E-state index in [1.54, 1.807) is 21.1 Å². The fourth-order valence-corrected chi connectivity index (χ4v) is 1.23. The molecule has 0 aliphatic heterocycles. The standard InChI is InChI=1S/C9H19N3O2S/c1-7(8(13)10-2)12-9(15)11-5-4-6-14-3/h7H,4-6H2,1-3H3,(H,10,13)(H2,11,12,15). The zero-order chi connectivity index (χ0) is 11.7. The largest absolute Gasteiger partial charge is 0.385 e. The Morgan fingerprint density at radius 1 is 1.53 bits per heavy atom. The van der Waals surface area contributed by atoms with Crippen LogP contribution in [0.25, 0.3) is 0 Å². The maximum Gasteiger partial charge on any atom is 0.242 e. The van der Waals surface area contributed by atoms with Crippen LogP contribution in [0.3, 0.4) is 0 Å². The molecular formula is C9H19N3O2S. The number of methoxy groups -OCH3 is 1. The number of carbonyl (C=O) groups excluding carboxylic acids is 1. The molecule has 0 bridgehead atoms. The molecule has 0 saturated carbocycles. The lowest BCUT2D eigenvalue weighted by molar-refractivity contribution is -0.121. The first-order chi connectivity index (χ1) is 7.11. The van der Waals surface area contributed by atoms with E-state index in [-0.39, 0.29) is 11.9 Å². The Morgan fingerprint density at radius 2 is 2.20 bits per heavy atom. The second-order valence-electron chi connectivity index (χ2n) is 3.08. The van der Waals surface area contributed by atoms with Crippen LogP contribution in [0.2, 0.25) is 0 Å². The molecule has 5 nitrogen and oxygen atoms in total. The molecule has 0 aromatic heterocycles. The maximum absolute atomic E-state index is 11.1. The second-order valence-corrected chi connectivity index (χ2v) is 3.49. The minimum Gasteiger partial charge on any atom is -0.385 e. The van der Waals surface area contributed by atoms with E-state index in [1.807, 2.05) is 0 Å². The fourth-order valence-electron chi connectivity index (χ4n) is 0.948. The Balaban J connectivity index is 3.60. The molecule has 88 valence electrons. The molecule has 0 radical (unpaired) electrons. The van der Waals surface area contributed by atoms with Crippen molar-refractivity contribution in [3.8, 4) is 0 Å². The van der Waals surface area contributed by atoms with Gasteiger partial charge in [0, 0.05) is 27.3 Å². The molecule has 3 N–H and O–H groups in total. The highest BCUT2D eigenvalue weighted by Crippen LogP contribution is 1.82. The summed E-state index contributed by atoms with van der Waals surface area (Å²) in [6.07, 6.45) is 0.882. The topological polar surface area (TPSA) is 62.4 Å². The molecule has 0 aromatic carbocycles. The molecule has 0 aromatic rings. The van der Waals surface area contributed by atoms with Gasteiger partial charge in [0.05, 0.1) is 0 Å². The quantitative estimate of drug-likeness (QED) is 0.431. The number of hydrogen-bond acceptors (Lipinski definition) is 3. The van der Waals surface area contributed by atoms with E-state index in [0.717, 1.165) is 13.0 Å². The van der Waals surface area contributed by atoms with Gasteiger partial charge in [0.1, 0.15) is 6.04 Å². The first-order valence-electron chi connectivity index (χ1n) is 4.86. The Bertz CT molecular complexity index is 212. The van der Waals surface area contributed by atoms with Gasteiger partial charge < -0.3 is 20.7 Å². The van der Waals surface area contributed by atoms with Crippen molar-refractivity contribution in [3.05, 3.63) is 0 Å². The number of nitrogens with one attached hydrogen (secondary N) is 3. The van der Waals surface area contributed by atoms with Crippen LogP contribution in [0.5, 0.6) is 0 Å². The van der Waals surface area contributed by atoms with Gasteiger partial charge in [-0.3, -0.25) is 4.79 Å². The summed E-state index contributed by atoms with van der Waals surface area (Å²) in [6.45, 7) is 3.18. The minimum absolute atomic E-state index is 0.0870. The average molecular weight is 233 g/mol. The second kappa shape index (κ2) is 8.43. The van der Waals surface area contributed by atoms with E-state index in [1.165, 1.54) is 0 Å². The smallest absolute Gasteiger partial charge is 0.242 e. The molecule has 0 spiro atoms. The molecule has 0 aliphatic carbocycles. The monoisotopic (exact) mass is 233 g/mol. The van der Waals surface area contributed by atoms with Gasteiger partial charge in [-0.1, -0.05) is 0 Å². The van der Waals surface area contributed by atoms with Gasteiger partial charge in [-0.05, 0) is 25.6 Å². The number of amides is 1. The molecule has 1 amide bonds. The highest BCUT2D eigenvalue weighted by Gasteiger charge is 2.10. The lowest BCUT2D eigenvalue weighted by atomic mass is 10.3. The summed E-state index contributed by atoms with van der Waals surface area (Å²) in [7, 11) is 3.25. The Kier molecular flexibility index (Phi) is 7.94. The molecule has 6 heteroatoms. The third kappa shape index (κ3) is 7.10. The van der Waals surface area contributed by atoms with Crippen LogP contribution in [0.1, 0.15) is 13.3 Å². The van der Waals surface area contributed by atoms with Crippen molar-refractivity contribution in [3.63, 3.8) is 0 Å². The highest BCUT2D eigenvalue weighted by atomic mass is 32.1. The van der Waals surface area contributed by atoms with Crippen LogP contribution in [-0.4, -0.2) is 44.4 Å². The van der Waals surface area contributed by atoms with E-state index in [0.29, 0.717) is 11.7 Å². The Morgan fingerprint density at radius 3 is 2.73 bits per heavy atom. The molecule has 0 rings (SSSR count). The fraction of sp³-hybridized carbons (Fsp3) is 0.778. The van der Waals surface area contributed by atoms with Crippen LogP contribution in [0.4, 0.5) is 0 Å². The van der Waals surface area contributed by atoms with Crippen LogP contribution in [0, 0.1) is 0 Å². The summed E-state index contributed by atoms with van der Waals surface area (Å²) >= 11 is 5.00. The van der Waals surface area contributed by atoms with Crippen LogP contribution in [0.15, 0.2) is 0 Å². The van der Waals surface area contributed by atoms with Crippen molar-refractivity contribution in [2.24, 2.45) is 0 Å². The molecule has 1 atom stereocenters. The third-order valence-corrected chi connectivity index (χ3v) is 2.06. The van der Waals surface area contributed by atoms with Crippen molar-refractivity contribution in [1.29, 1.82) is 0 Å².